The summed E-state index contributed by atoms with van der Waals surface area (Å²) in [6.45, 7) is 5.64. The van der Waals surface area contributed by atoms with Gasteiger partial charge in [0.05, 0.1) is 10.6 Å². The zero-order valence-corrected chi connectivity index (χ0v) is 27.2. The fourth-order valence-electron chi connectivity index (χ4n) is 4.23. The first-order valence-corrected chi connectivity index (χ1v) is 16.3. The summed E-state index contributed by atoms with van der Waals surface area (Å²) in [6, 6.07) is 17.2. The Morgan fingerprint density at radius 3 is 2.22 bits per heavy atom. The number of nitrogens with one attached hydrogen (secondary N) is 1. The number of halogens is 3. The van der Waals surface area contributed by atoms with Gasteiger partial charge in [-0.2, -0.15) is 0 Å². The maximum atomic E-state index is 14.1. The molecule has 0 heterocycles. The zero-order chi connectivity index (χ0) is 30.2. The number of nitrogens with zero attached hydrogens (tertiary/aromatic N) is 2. The van der Waals surface area contributed by atoms with Crippen LogP contribution in [0.2, 0.25) is 10.0 Å². The van der Waals surface area contributed by atoms with E-state index >= 15 is 0 Å². The third-order valence-corrected chi connectivity index (χ3v) is 9.48. The van der Waals surface area contributed by atoms with Crippen LogP contribution in [0.1, 0.15) is 44.2 Å². The molecule has 0 aromatic heterocycles. The zero-order valence-electron chi connectivity index (χ0n) is 23.2. The molecule has 1 unspecified atom stereocenters. The Labute approximate surface area is 261 Å². The van der Waals surface area contributed by atoms with Crippen LogP contribution in [0.25, 0.3) is 0 Å². The lowest BCUT2D eigenvalue weighted by molar-refractivity contribution is -0.140. The van der Waals surface area contributed by atoms with E-state index in [1.165, 1.54) is 17.0 Å². The molecule has 3 aromatic rings. The van der Waals surface area contributed by atoms with E-state index in [0.717, 1.165) is 27.2 Å². The molecular formula is C30H34BrCl2N3O4S. The van der Waals surface area contributed by atoms with Gasteiger partial charge in [0.2, 0.25) is 11.8 Å². The lowest BCUT2D eigenvalue weighted by Gasteiger charge is -2.33. The molecule has 1 atom stereocenters. The molecule has 41 heavy (non-hydrogen) atoms. The number of carbonyl (C=O) groups excluding carboxylic acids is 2. The van der Waals surface area contributed by atoms with Gasteiger partial charge in [0.25, 0.3) is 10.0 Å². The molecule has 220 valence electrons. The average molecular weight is 683 g/mol. The van der Waals surface area contributed by atoms with Gasteiger partial charge < -0.3 is 10.2 Å². The van der Waals surface area contributed by atoms with E-state index in [1.54, 1.807) is 54.6 Å². The number of carbonyl (C=O) groups is 2. The van der Waals surface area contributed by atoms with E-state index < -0.39 is 28.5 Å². The number of rotatable bonds is 13. The third-order valence-electron chi connectivity index (χ3n) is 6.57. The van der Waals surface area contributed by atoms with E-state index in [-0.39, 0.29) is 17.3 Å². The summed E-state index contributed by atoms with van der Waals surface area (Å²) >= 11 is 15.9. The minimum atomic E-state index is -4.14. The van der Waals surface area contributed by atoms with Gasteiger partial charge in [0.15, 0.2) is 0 Å². The van der Waals surface area contributed by atoms with Crippen LogP contribution in [0.15, 0.2) is 76.1 Å². The Morgan fingerprint density at radius 2 is 1.63 bits per heavy atom. The Morgan fingerprint density at radius 1 is 0.976 bits per heavy atom. The Hall–Kier alpha value is -2.59. The number of hydrogen-bond donors (Lipinski definition) is 1. The van der Waals surface area contributed by atoms with Crippen LogP contribution in [0, 0.1) is 6.92 Å². The molecular weight excluding hydrogens is 649 g/mol. The molecule has 0 saturated carbocycles. The third kappa shape index (κ3) is 8.70. The van der Waals surface area contributed by atoms with Crippen LogP contribution in [0.4, 0.5) is 5.69 Å². The number of benzene rings is 3. The first-order chi connectivity index (χ1) is 19.5. The molecule has 2 amide bonds. The van der Waals surface area contributed by atoms with Crippen molar-refractivity contribution in [3.63, 3.8) is 0 Å². The molecule has 0 aliphatic carbocycles. The van der Waals surface area contributed by atoms with Crippen molar-refractivity contribution in [1.82, 2.24) is 10.2 Å². The van der Waals surface area contributed by atoms with Crippen LogP contribution < -0.4 is 9.62 Å². The Balaban J connectivity index is 2.05. The second-order valence-electron chi connectivity index (χ2n) is 9.63. The summed E-state index contributed by atoms with van der Waals surface area (Å²) in [6.07, 6.45) is 2.02. The molecule has 0 fully saturated rings. The molecule has 3 rings (SSSR count). The molecule has 0 saturated heterocycles. The van der Waals surface area contributed by atoms with E-state index in [9.17, 15) is 18.0 Å². The van der Waals surface area contributed by atoms with Crippen LogP contribution in [0.5, 0.6) is 0 Å². The lowest BCUT2D eigenvalue weighted by Crippen LogP contribution is -2.52. The number of sulfonamides is 1. The highest BCUT2D eigenvalue weighted by molar-refractivity contribution is 9.10. The smallest absolute Gasteiger partial charge is 0.264 e. The van der Waals surface area contributed by atoms with Crippen molar-refractivity contribution in [2.75, 3.05) is 17.4 Å². The van der Waals surface area contributed by atoms with Gasteiger partial charge in [-0.3, -0.25) is 13.9 Å². The van der Waals surface area contributed by atoms with E-state index in [0.29, 0.717) is 34.3 Å². The molecule has 7 nitrogen and oxygen atoms in total. The second kappa shape index (κ2) is 15.0. The normalized spacial score (nSPS) is 12.0. The maximum absolute atomic E-state index is 14.1. The van der Waals surface area contributed by atoms with E-state index in [1.807, 2.05) is 20.8 Å². The summed E-state index contributed by atoms with van der Waals surface area (Å²) in [4.78, 5) is 28.8. The summed E-state index contributed by atoms with van der Waals surface area (Å²) in [5.74, 6) is -0.858. The van der Waals surface area contributed by atoms with Gasteiger partial charge in [0.1, 0.15) is 12.6 Å². The molecule has 0 spiro atoms. The van der Waals surface area contributed by atoms with Crippen LogP contribution in [0.3, 0.4) is 0 Å². The highest BCUT2D eigenvalue weighted by Gasteiger charge is 2.34. The van der Waals surface area contributed by atoms with Crippen molar-refractivity contribution >= 4 is 66.7 Å². The van der Waals surface area contributed by atoms with Crippen molar-refractivity contribution in [3.8, 4) is 0 Å². The minimum absolute atomic E-state index is 0.00665. The van der Waals surface area contributed by atoms with Crippen molar-refractivity contribution in [1.29, 1.82) is 0 Å². The standard InChI is InChI=1S/C30H34BrCl2N3O4S/c1-4-6-17-34-30(38)28(5-2)35(19-22-9-12-24(32)18-27(22)33)29(37)20-36(25-13-10-23(31)11-14-25)41(39,40)26-15-7-21(3)8-16-26/h7-16,18,28H,4-6,17,19-20H2,1-3H3,(H,34,38). The highest BCUT2D eigenvalue weighted by Crippen LogP contribution is 2.28. The number of unbranched alkanes of at least 4 members (excludes halogenated alkanes) is 1. The van der Waals surface area contributed by atoms with Crippen LogP contribution in [-0.2, 0) is 26.2 Å². The number of amides is 2. The monoisotopic (exact) mass is 681 g/mol. The molecule has 0 bridgehead atoms. The molecule has 3 aromatic carbocycles. The Bertz CT molecular complexity index is 1450. The largest absolute Gasteiger partial charge is 0.354 e. The Kier molecular flexibility index (Phi) is 12.1. The van der Waals surface area contributed by atoms with Gasteiger partial charge in [-0.15, -0.1) is 0 Å². The predicted octanol–water partition coefficient (Wildman–Crippen LogP) is 6.98. The first-order valence-electron chi connectivity index (χ1n) is 13.3. The van der Waals surface area contributed by atoms with Crippen molar-refractivity contribution < 1.29 is 18.0 Å². The number of aryl methyl sites for hydroxylation is 1. The van der Waals surface area contributed by atoms with Crippen molar-refractivity contribution in [2.24, 2.45) is 0 Å². The minimum Gasteiger partial charge on any atom is -0.354 e. The molecule has 11 heteroatoms. The topological polar surface area (TPSA) is 86.8 Å². The van der Waals surface area contributed by atoms with Gasteiger partial charge >= 0.3 is 0 Å². The van der Waals surface area contributed by atoms with Crippen LogP contribution in [-0.4, -0.2) is 44.3 Å². The molecule has 0 radical (unpaired) electrons. The van der Waals surface area contributed by atoms with Gasteiger partial charge in [-0.05, 0) is 73.9 Å². The van der Waals surface area contributed by atoms with Gasteiger partial charge in [-0.1, -0.05) is 83.2 Å². The summed E-state index contributed by atoms with van der Waals surface area (Å²) < 4.78 is 29.7. The molecule has 0 aliphatic heterocycles. The van der Waals surface area contributed by atoms with Gasteiger partial charge in [-0.25, -0.2) is 8.42 Å². The number of hydrogen-bond acceptors (Lipinski definition) is 4. The van der Waals surface area contributed by atoms with Crippen molar-refractivity contribution in [3.05, 3.63) is 92.4 Å². The van der Waals surface area contributed by atoms with Crippen molar-refractivity contribution in [2.45, 2.75) is 57.5 Å². The van der Waals surface area contributed by atoms with Gasteiger partial charge in [0, 0.05) is 27.6 Å². The fraction of sp³-hybridized carbons (Fsp3) is 0.333. The summed E-state index contributed by atoms with van der Waals surface area (Å²) in [5.41, 5.74) is 1.80. The molecule has 1 N–H and O–H groups in total. The quantitative estimate of drug-likeness (QED) is 0.197. The SMILES string of the molecule is CCCCNC(=O)C(CC)N(Cc1ccc(Cl)cc1Cl)C(=O)CN(c1ccc(Br)cc1)S(=O)(=O)c1ccc(C)cc1. The summed E-state index contributed by atoms with van der Waals surface area (Å²) in [5, 5.41) is 3.69. The lowest BCUT2D eigenvalue weighted by atomic mass is 10.1. The average Bonchev–Trinajstić information content (AvgIpc) is 2.93. The fourth-order valence-corrected chi connectivity index (χ4v) is 6.38. The maximum Gasteiger partial charge on any atom is 0.264 e. The highest BCUT2D eigenvalue weighted by atomic mass is 79.9. The summed E-state index contributed by atoms with van der Waals surface area (Å²) in [7, 11) is -4.14. The predicted molar refractivity (Wildman–Crippen MR) is 169 cm³/mol. The molecule has 0 aliphatic rings. The first kappa shape index (κ1) is 32.9. The van der Waals surface area contributed by atoms with E-state index in [4.69, 9.17) is 23.2 Å². The number of anilines is 1. The van der Waals surface area contributed by atoms with E-state index in [2.05, 4.69) is 21.2 Å². The van der Waals surface area contributed by atoms with Crippen LogP contribution >= 0.6 is 39.1 Å². The second-order valence-corrected chi connectivity index (χ2v) is 13.2.